The fourth-order valence-electron chi connectivity index (χ4n) is 0.565. The van der Waals surface area contributed by atoms with E-state index in [9.17, 15) is 4.79 Å². The van der Waals surface area contributed by atoms with Crippen LogP contribution in [0, 0.1) is 0 Å². The van der Waals surface area contributed by atoms with Crippen LogP contribution in [0.4, 0.5) is 0 Å². The summed E-state index contributed by atoms with van der Waals surface area (Å²) in [5.41, 5.74) is 0. The van der Waals surface area contributed by atoms with E-state index in [1.807, 2.05) is 0 Å². The second-order valence-electron chi connectivity index (χ2n) is 1.45. The van der Waals surface area contributed by atoms with E-state index in [0.717, 1.165) is 19.4 Å². The third-order valence-electron chi connectivity index (χ3n) is 0.903. The zero-order valence-corrected chi connectivity index (χ0v) is 7.20. The van der Waals surface area contributed by atoms with Crippen molar-refractivity contribution in [2.45, 2.75) is 12.8 Å². The van der Waals surface area contributed by atoms with E-state index < -0.39 is 0 Å². The Kier molecular flexibility index (Phi) is 3.18. The molecule has 0 aromatic rings. The number of carbonyl (C=O) groups excluding carboxylic acids is 1. The minimum atomic E-state index is 0. The van der Waals surface area contributed by atoms with Gasteiger partial charge in [-0.2, -0.15) is 0 Å². The Morgan fingerprint density at radius 3 is 2.43 bits per heavy atom. The summed E-state index contributed by atoms with van der Waals surface area (Å²) in [7, 11) is 0. The molecule has 0 aromatic heterocycles. The van der Waals surface area contributed by atoms with E-state index in [0.29, 0.717) is 0 Å². The van der Waals surface area contributed by atoms with Crippen molar-refractivity contribution in [3.63, 3.8) is 0 Å². The smallest absolute Gasteiger partial charge is 0.220 e. The second kappa shape index (κ2) is 3.14. The molecule has 1 fully saturated rings. The molecule has 7 heavy (non-hydrogen) atoms. The molecule has 0 saturated carbocycles. The average Bonchev–Trinajstić information content (AvgIpc) is 1.86. The van der Waals surface area contributed by atoms with Gasteiger partial charge in [-0.3, -0.25) is 4.79 Å². The van der Waals surface area contributed by atoms with Crippen LogP contribution in [-0.4, -0.2) is 12.5 Å². The zero-order chi connectivity index (χ0) is 4.41. The summed E-state index contributed by atoms with van der Waals surface area (Å²) in [4.78, 5) is 10.1. The summed E-state index contributed by atoms with van der Waals surface area (Å²) < 4.78 is 0. The molecule has 1 amide bonds. The van der Waals surface area contributed by atoms with Crippen LogP contribution in [0.1, 0.15) is 12.8 Å². The summed E-state index contributed by atoms with van der Waals surface area (Å²) in [5, 5.41) is 2.68. The maximum absolute atomic E-state index is 10.1. The Bertz CT molecular complexity index is 66.1. The monoisotopic (exact) mass is 149 g/mol. The van der Waals surface area contributed by atoms with Gasteiger partial charge in [0, 0.05) is 32.4 Å². The van der Waals surface area contributed by atoms with Crippen LogP contribution < -0.4 is 5.32 Å². The molecule has 1 heterocycles. The Hall–Kier alpha value is 0.0934. The van der Waals surface area contributed by atoms with E-state index in [-0.39, 0.29) is 25.4 Å². The van der Waals surface area contributed by atoms with Crippen molar-refractivity contribution >= 4 is 5.91 Å². The molecule has 3 heteroatoms. The molecule has 0 bridgehead atoms. The molecule has 36 valence electrons. The molecule has 0 aromatic carbocycles. The molecule has 0 spiro atoms. The van der Waals surface area contributed by atoms with Gasteiger partial charge in [-0.15, -0.1) is 0 Å². The first-order valence-electron chi connectivity index (χ1n) is 2.16. The third-order valence-corrected chi connectivity index (χ3v) is 0.903. The second-order valence-corrected chi connectivity index (χ2v) is 1.45. The first-order chi connectivity index (χ1) is 2.89. The van der Waals surface area contributed by atoms with Crippen molar-refractivity contribution in [3.05, 3.63) is 0 Å². The molecule has 0 radical (unpaired) electrons. The molecule has 1 aliphatic heterocycles. The molecule has 2 nitrogen and oxygen atoms in total. The van der Waals surface area contributed by atoms with E-state index >= 15 is 0 Å². The predicted octanol–water partition coefficient (Wildman–Crippen LogP) is -0.106. The van der Waals surface area contributed by atoms with Crippen molar-refractivity contribution in [1.29, 1.82) is 0 Å². The summed E-state index contributed by atoms with van der Waals surface area (Å²) in [5.74, 6) is 0.204. The molecule has 1 aliphatic rings. The summed E-state index contributed by atoms with van der Waals surface area (Å²) in [6.45, 7) is 0.888. The minimum absolute atomic E-state index is 0. The maximum Gasteiger partial charge on any atom is 0.220 e. The van der Waals surface area contributed by atoms with Crippen molar-refractivity contribution in [2.24, 2.45) is 0 Å². The molecule has 1 N–H and O–H groups in total. The summed E-state index contributed by atoms with van der Waals surface area (Å²) >= 11 is 0. The number of nitrogens with one attached hydrogen (secondary N) is 1. The Morgan fingerprint density at radius 1 is 1.57 bits per heavy atom. The molecule has 1 saturated heterocycles. The van der Waals surface area contributed by atoms with Gasteiger partial charge in [0.1, 0.15) is 0 Å². The van der Waals surface area contributed by atoms with E-state index in [2.05, 4.69) is 5.32 Å². The quantitative estimate of drug-likeness (QED) is 0.480. The predicted molar refractivity (Wildman–Crippen MR) is 22.2 cm³/mol. The fraction of sp³-hybridized carbons (Fsp3) is 0.750. The standard InChI is InChI=1S/C4H7NO.Zn/c6-4-2-1-3-5-4;/h1-3H2,(H,5,6);. The van der Waals surface area contributed by atoms with Gasteiger partial charge in [-0.05, 0) is 6.42 Å². The van der Waals surface area contributed by atoms with Gasteiger partial charge < -0.3 is 5.32 Å². The van der Waals surface area contributed by atoms with Crippen LogP contribution >= 0.6 is 0 Å². The van der Waals surface area contributed by atoms with Gasteiger partial charge in [-0.1, -0.05) is 0 Å². The van der Waals surface area contributed by atoms with Crippen LogP contribution in [0.15, 0.2) is 0 Å². The number of rotatable bonds is 0. The Labute approximate surface area is 55.4 Å². The third kappa shape index (κ3) is 2.03. The Balaban J connectivity index is 0.000000360. The van der Waals surface area contributed by atoms with Gasteiger partial charge in [0.25, 0.3) is 0 Å². The van der Waals surface area contributed by atoms with Crippen LogP contribution in [0.3, 0.4) is 0 Å². The first kappa shape index (κ1) is 7.09. The van der Waals surface area contributed by atoms with Gasteiger partial charge in [0.05, 0.1) is 0 Å². The average molecular weight is 150 g/mol. The summed E-state index contributed by atoms with van der Waals surface area (Å²) in [6.07, 6.45) is 1.76. The van der Waals surface area contributed by atoms with Crippen LogP contribution in [0.2, 0.25) is 0 Å². The molecule has 0 unspecified atom stereocenters. The maximum atomic E-state index is 10.1. The van der Waals surface area contributed by atoms with Crippen LogP contribution in [0.5, 0.6) is 0 Å². The first-order valence-corrected chi connectivity index (χ1v) is 2.16. The topological polar surface area (TPSA) is 29.1 Å². The molecule has 0 atom stereocenters. The van der Waals surface area contributed by atoms with Crippen LogP contribution in [0.25, 0.3) is 0 Å². The van der Waals surface area contributed by atoms with Gasteiger partial charge in [0.2, 0.25) is 5.91 Å². The fourth-order valence-corrected chi connectivity index (χ4v) is 0.565. The van der Waals surface area contributed by atoms with Gasteiger partial charge in [0.15, 0.2) is 0 Å². The van der Waals surface area contributed by atoms with E-state index in [1.54, 1.807) is 0 Å². The van der Waals surface area contributed by atoms with E-state index in [4.69, 9.17) is 0 Å². The van der Waals surface area contributed by atoms with Crippen LogP contribution in [-0.2, 0) is 24.3 Å². The van der Waals surface area contributed by atoms with E-state index in [1.165, 1.54) is 0 Å². The summed E-state index contributed by atoms with van der Waals surface area (Å²) in [6, 6.07) is 0. The van der Waals surface area contributed by atoms with Crippen molar-refractivity contribution in [1.82, 2.24) is 5.32 Å². The largest absolute Gasteiger partial charge is 0.356 e. The van der Waals surface area contributed by atoms with Gasteiger partial charge >= 0.3 is 0 Å². The molecular formula is C4H7NOZn. The molecule has 0 aliphatic carbocycles. The van der Waals surface area contributed by atoms with Crippen molar-refractivity contribution in [3.8, 4) is 0 Å². The molecule has 1 rings (SSSR count). The van der Waals surface area contributed by atoms with Crippen molar-refractivity contribution in [2.75, 3.05) is 6.54 Å². The normalized spacial score (nSPS) is 18.0. The Morgan fingerprint density at radius 2 is 2.29 bits per heavy atom. The van der Waals surface area contributed by atoms with Crippen molar-refractivity contribution < 1.29 is 24.3 Å². The number of hydrogen-bond acceptors (Lipinski definition) is 1. The van der Waals surface area contributed by atoms with Gasteiger partial charge in [-0.25, -0.2) is 0 Å². The molecular weight excluding hydrogens is 143 g/mol. The number of carbonyl (C=O) groups is 1. The minimum Gasteiger partial charge on any atom is -0.356 e. The number of hydrogen-bond donors (Lipinski definition) is 1. The number of amides is 1. The SMILES string of the molecule is O=C1CCCN1.[Zn]. The zero-order valence-electron chi connectivity index (χ0n) is 4.24.